The third-order valence-electron chi connectivity index (χ3n) is 2.55. The van der Waals surface area contributed by atoms with Crippen LogP contribution in [0.2, 0.25) is 0 Å². The van der Waals surface area contributed by atoms with Crippen molar-refractivity contribution in [3.63, 3.8) is 0 Å². The van der Waals surface area contributed by atoms with Crippen LogP contribution in [0.4, 0.5) is 0 Å². The predicted octanol–water partition coefficient (Wildman–Crippen LogP) is 2.99. The summed E-state index contributed by atoms with van der Waals surface area (Å²) in [6.07, 6.45) is 0. The molecular weight excluding hydrogens is 210 g/mol. The zero-order valence-electron chi connectivity index (χ0n) is 9.89. The summed E-state index contributed by atoms with van der Waals surface area (Å²) >= 11 is 0. The number of ether oxygens (including phenoxy) is 1. The van der Waals surface area contributed by atoms with Crippen molar-refractivity contribution in [3.05, 3.63) is 72.3 Å². The Bertz CT molecular complexity index is 453. The average Bonchev–Trinajstić information content (AvgIpc) is 2.40. The fourth-order valence-electron chi connectivity index (χ4n) is 1.68. The zero-order valence-corrected chi connectivity index (χ0v) is 9.89. The number of rotatable bonds is 5. The molecule has 17 heavy (non-hydrogen) atoms. The smallest absolute Gasteiger partial charge is 0.123 e. The fourth-order valence-corrected chi connectivity index (χ4v) is 1.68. The maximum atomic E-state index is 5.29. The molecule has 1 N–H and O–H groups in total. The molecule has 0 bridgehead atoms. The van der Waals surface area contributed by atoms with E-state index in [1.54, 1.807) is 7.11 Å². The van der Waals surface area contributed by atoms with E-state index >= 15 is 0 Å². The van der Waals surface area contributed by atoms with Gasteiger partial charge in [-0.1, -0.05) is 48.5 Å². The van der Waals surface area contributed by atoms with Crippen molar-refractivity contribution >= 4 is 0 Å². The molecule has 0 saturated carbocycles. The van der Waals surface area contributed by atoms with Crippen LogP contribution in [-0.2, 0) is 6.54 Å². The Morgan fingerprint density at radius 2 is 1.71 bits per heavy atom. The van der Waals surface area contributed by atoms with Crippen molar-refractivity contribution in [1.82, 2.24) is 5.32 Å². The molecule has 2 aromatic rings. The first-order valence-corrected chi connectivity index (χ1v) is 5.63. The van der Waals surface area contributed by atoms with E-state index < -0.39 is 0 Å². The summed E-state index contributed by atoms with van der Waals surface area (Å²) in [4.78, 5) is 0. The summed E-state index contributed by atoms with van der Waals surface area (Å²) in [6, 6.07) is 18.2. The van der Waals surface area contributed by atoms with Gasteiger partial charge in [0.15, 0.2) is 0 Å². The Balaban J connectivity index is 1.90. The van der Waals surface area contributed by atoms with Gasteiger partial charge in [0, 0.05) is 12.1 Å². The molecule has 0 amide bonds. The summed E-state index contributed by atoms with van der Waals surface area (Å²) in [5.41, 5.74) is 2.32. The summed E-state index contributed by atoms with van der Waals surface area (Å²) < 4.78 is 5.29. The Morgan fingerprint density at radius 1 is 1.00 bits per heavy atom. The molecule has 0 aliphatic rings. The highest BCUT2D eigenvalue weighted by Crippen LogP contribution is 2.16. The monoisotopic (exact) mass is 226 g/mol. The van der Waals surface area contributed by atoms with Gasteiger partial charge in [-0.2, -0.15) is 0 Å². The highest BCUT2D eigenvalue weighted by molar-refractivity contribution is 5.33. The molecule has 0 heterocycles. The lowest BCUT2D eigenvalue weighted by Gasteiger charge is -2.09. The third-order valence-corrected chi connectivity index (χ3v) is 2.55. The second kappa shape index (κ2) is 6.06. The molecule has 2 nitrogen and oxygen atoms in total. The maximum Gasteiger partial charge on any atom is 0.123 e. The summed E-state index contributed by atoms with van der Waals surface area (Å²) in [5.74, 6) is 0.918. The van der Waals surface area contributed by atoms with Crippen LogP contribution in [0, 0.1) is 6.54 Å². The SMILES string of the molecule is COc1ccccc1CN[CH]c1ccccc1. The van der Waals surface area contributed by atoms with E-state index in [1.165, 1.54) is 5.56 Å². The molecule has 1 radical (unpaired) electrons. The van der Waals surface area contributed by atoms with E-state index in [0.717, 1.165) is 17.9 Å². The number of hydrogen-bond donors (Lipinski definition) is 1. The van der Waals surface area contributed by atoms with Crippen LogP contribution >= 0.6 is 0 Å². The van der Waals surface area contributed by atoms with Crippen LogP contribution in [0.3, 0.4) is 0 Å². The molecule has 0 aromatic heterocycles. The highest BCUT2D eigenvalue weighted by atomic mass is 16.5. The lowest BCUT2D eigenvalue weighted by atomic mass is 10.2. The van der Waals surface area contributed by atoms with Crippen molar-refractivity contribution in [2.45, 2.75) is 6.54 Å². The van der Waals surface area contributed by atoms with Gasteiger partial charge in [-0.05, 0) is 11.6 Å². The van der Waals surface area contributed by atoms with Crippen LogP contribution in [-0.4, -0.2) is 7.11 Å². The molecular formula is C15H16NO. The van der Waals surface area contributed by atoms with Crippen LogP contribution in [0.5, 0.6) is 5.75 Å². The molecule has 0 fully saturated rings. The van der Waals surface area contributed by atoms with E-state index in [0.29, 0.717) is 0 Å². The second-order valence-electron chi connectivity index (χ2n) is 3.75. The van der Waals surface area contributed by atoms with Gasteiger partial charge in [-0.3, -0.25) is 0 Å². The lowest BCUT2D eigenvalue weighted by molar-refractivity contribution is 0.408. The molecule has 2 aromatic carbocycles. The van der Waals surface area contributed by atoms with Crippen LogP contribution in [0.1, 0.15) is 11.1 Å². The third kappa shape index (κ3) is 3.33. The molecule has 0 atom stereocenters. The minimum Gasteiger partial charge on any atom is -0.496 e. The van der Waals surface area contributed by atoms with Gasteiger partial charge in [-0.15, -0.1) is 0 Å². The van der Waals surface area contributed by atoms with Gasteiger partial charge in [0.1, 0.15) is 5.75 Å². The first-order valence-electron chi connectivity index (χ1n) is 5.63. The minimum absolute atomic E-state index is 0.763. The van der Waals surface area contributed by atoms with E-state index in [4.69, 9.17) is 4.74 Å². The molecule has 0 spiro atoms. The van der Waals surface area contributed by atoms with Crippen molar-refractivity contribution in [3.8, 4) is 5.75 Å². The van der Waals surface area contributed by atoms with Crippen LogP contribution in [0.25, 0.3) is 0 Å². The molecule has 0 saturated heterocycles. The molecule has 0 aliphatic heterocycles. The second-order valence-corrected chi connectivity index (χ2v) is 3.75. The minimum atomic E-state index is 0.763. The largest absolute Gasteiger partial charge is 0.496 e. The van der Waals surface area contributed by atoms with E-state index in [1.807, 2.05) is 42.9 Å². The van der Waals surface area contributed by atoms with Gasteiger partial charge >= 0.3 is 0 Å². The molecule has 2 heteroatoms. The molecule has 2 rings (SSSR count). The first-order chi connectivity index (χ1) is 8.40. The predicted molar refractivity (Wildman–Crippen MR) is 69.7 cm³/mol. The van der Waals surface area contributed by atoms with Gasteiger partial charge in [0.25, 0.3) is 0 Å². The van der Waals surface area contributed by atoms with E-state index in [-0.39, 0.29) is 0 Å². The standard InChI is InChI=1S/C15H16NO/c1-17-15-10-6-5-9-14(15)12-16-11-13-7-3-2-4-8-13/h2-11,16H,12H2,1H3. The lowest BCUT2D eigenvalue weighted by Crippen LogP contribution is -2.11. The molecule has 0 unspecified atom stereocenters. The van der Waals surface area contributed by atoms with Crippen molar-refractivity contribution in [1.29, 1.82) is 0 Å². The first kappa shape index (κ1) is 11.7. The van der Waals surface area contributed by atoms with Crippen molar-refractivity contribution < 1.29 is 4.74 Å². The Hall–Kier alpha value is -1.80. The number of methoxy groups -OCH3 is 1. The molecule has 87 valence electrons. The highest BCUT2D eigenvalue weighted by Gasteiger charge is 2.00. The molecule has 0 aliphatic carbocycles. The summed E-state index contributed by atoms with van der Waals surface area (Å²) in [7, 11) is 1.69. The van der Waals surface area contributed by atoms with Gasteiger partial charge in [0.2, 0.25) is 0 Å². The Kier molecular flexibility index (Phi) is 4.17. The van der Waals surface area contributed by atoms with Crippen LogP contribution < -0.4 is 10.1 Å². The number of hydrogen-bond acceptors (Lipinski definition) is 2. The van der Waals surface area contributed by atoms with Gasteiger partial charge in [0.05, 0.1) is 13.7 Å². The van der Waals surface area contributed by atoms with Gasteiger partial charge < -0.3 is 10.1 Å². The number of para-hydroxylation sites is 1. The summed E-state index contributed by atoms with van der Waals surface area (Å²) in [6.45, 7) is 2.77. The van der Waals surface area contributed by atoms with Crippen LogP contribution in [0.15, 0.2) is 54.6 Å². The number of nitrogens with one attached hydrogen (secondary N) is 1. The number of benzene rings is 2. The Labute approximate surface area is 102 Å². The van der Waals surface area contributed by atoms with E-state index in [9.17, 15) is 0 Å². The normalized spacial score (nSPS) is 10.2. The zero-order chi connectivity index (χ0) is 11.9. The summed E-state index contributed by atoms with van der Waals surface area (Å²) in [5, 5.41) is 3.29. The Morgan fingerprint density at radius 3 is 2.47 bits per heavy atom. The average molecular weight is 226 g/mol. The maximum absolute atomic E-state index is 5.29. The van der Waals surface area contributed by atoms with Gasteiger partial charge in [-0.25, -0.2) is 0 Å². The van der Waals surface area contributed by atoms with Crippen molar-refractivity contribution in [2.75, 3.05) is 7.11 Å². The fraction of sp³-hybridized carbons (Fsp3) is 0.133. The van der Waals surface area contributed by atoms with E-state index in [2.05, 4.69) is 23.5 Å². The quantitative estimate of drug-likeness (QED) is 0.846. The topological polar surface area (TPSA) is 21.3 Å². The van der Waals surface area contributed by atoms with Crippen molar-refractivity contribution in [2.24, 2.45) is 0 Å².